The lowest BCUT2D eigenvalue weighted by Crippen LogP contribution is -2.18. The van der Waals surface area contributed by atoms with E-state index >= 15 is 0 Å². The first-order valence-corrected chi connectivity index (χ1v) is 8.52. The summed E-state index contributed by atoms with van der Waals surface area (Å²) in [6.45, 7) is 7.04. The highest BCUT2D eigenvalue weighted by Crippen LogP contribution is 2.18. The third kappa shape index (κ3) is 3.86. The van der Waals surface area contributed by atoms with Gasteiger partial charge in [-0.15, -0.1) is 0 Å². The maximum Gasteiger partial charge on any atom is 0.0648 e. The van der Waals surface area contributed by atoms with Crippen LogP contribution in [0.25, 0.3) is 5.69 Å². The molecule has 0 aliphatic heterocycles. The number of hydrogen-bond donors (Lipinski definition) is 1. The molecule has 0 spiro atoms. The van der Waals surface area contributed by atoms with Crippen molar-refractivity contribution in [1.29, 1.82) is 0 Å². The predicted octanol–water partition coefficient (Wildman–Crippen LogP) is 4.99. The minimum absolute atomic E-state index is 0.249. The lowest BCUT2D eigenvalue weighted by atomic mass is 10.1. The van der Waals surface area contributed by atoms with Gasteiger partial charge in [-0.05, 0) is 62.2 Å². The van der Waals surface area contributed by atoms with Gasteiger partial charge in [-0.3, -0.25) is 0 Å². The Labute approximate surface area is 148 Å². The van der Waals surface area contributed by atoms with Gasteiger partial charge < -0.3 is 5.32 Å². The van der Waals surface area contributed by atoms with Gasteiger partial charge in [0.15, 0.2) is 0 Å². The molecule has 0 aliphatic carbocycles. The summed E-state index contributed by atoms with van der Waals surface area (Å²) in [7, 11) is 0. The highest BCUT2D eigenvalue weighted by Gasteiger charge is 2.06. The average molecular weight is 340 g/mol. The SMILES string of the molecule is Cc1cc(C)n(-c2ccc(CNC(C)c3cccc(Cl)c3)cc2)n1. The van der Waals surface area contributed by atoms with Gasteiger partial charge in [0.2, 0.25) is 0 Å². The molecule has 1 N–H and O–H groups in total. The quantitative estimate of drug-likeness (QED) is 0.709. The Morgan fingerprint density at radius 2 is 1.83 bits per heavy atom. The second-order valence-corrected chi connectivity index (χ2v) is 6.60. The Bertz CT molecular complexity index is 821. The maximum atomic E-state index is 6.06. The Morgan fingerprint density at radius 1 is 1.08 bits per heavy atom. The first-order valence-electron chi connectivity index (χ1n) is 8.14. The number of benzene rings is 2. The number of aryl methyl sites for hydroxylation is 2. The number of halogens is 1. The summed E-state index contributed by atoms with van der Waals surface area (Å²) < 4.78 is 1.97. The molecule has 1 atom stereocenters. The van der Waals surface area contributed by atoms with Crippen LogP contribution in [0.5, 0.6) is 0 Å². The van der Waals surface area contributed by atoms with Crippen molar-refractivity contribution in [3.63, 3.8) is 0 Å². The Hall–Kier alpha value is -2.10. The molecule has 0 saturated carbocycles. The molecule has 0 fully saturated rings. The highest BCUT2D eigenvalue weighted by molar-refractivity contribution is 6.30. The molecule has 3 aromatic rings. The van der Waals surface area contributed by atoms with Crippen molar-refractivity contribution < 1.29 is 0 Å². The molecule has 124 valence electrons. The molecule has 24 heavy (non-hydrogen) atoms. The Balaban J connectivity index is 1.65. The van der Waals surface area contributed by atoms with Crippen molar-refractivity contribution in [3.05, 3.63) is 82.1 Å². The highest BCUT2D eigenvalue weighted by atomic mass is 35.5. The fourth-order valence-electron chi connectivity index (χ4n) is 2.81. The molecule has 1 unspecified atom stereocenters. The number of nitrogens with one attached hydrogen (secondary N) is 1. The fraction of sp³-hybridized carbons (Fsp3) is 0.250. The van der Waals surface area contributed by atoms with Gasteiger partial charge in [0.05, 0.1) is 11.4 Å². The Morgan fingerprint density at radius 3 is 2.46 bits per heavy atom. The van der Waals surface area contributed by atoms with E-state index in [1.807, 2.05) is 29.8 Å². The van der Waals surface area contributed by atoms with Crippen molar-refractivity contribution >= 4 is 11.6 Å². The molecule has 2 aromatic carbocycles. The first-order chi connectivity index (χ1) is 11.5. The van der Waals surface area contributed by atoms with Gasteiger partial charge in [-0.2, -0.15) is 5.10 Å². The molecule has 1 aromatic heterocycles. The van der Waals surface area contributed by atoms with Crippen LogP contribution in [0, 0.1) is 13.8 Å². The molecule has 0 amide bonds. The van der Waals surface area contributed by atoms with Crippen molar-refractivity contribution in [2.75, 3.05) is 0 Å². The van der Waals surface area contributed by atoms with Crippen LogP contribution in [-0.2, 0) is 6.54 Å². The molecule has 3 rings (SSSR count). The summed E-state index contributed by atoms with van der Waals surface area (Å²) in [5.41, 5.74) is 5.71. The van der Waals surface area contributed by atoms with Gasteiger partial charge in [0.1, 0.15) is 0 Å². The topological polar surface area (TPSA) is 29.9 Å². The summed E-state index contributed by atoms with van der Waals surface area (Å²) in [5.74, 6) is 0. The molecule has 4 heteroatoms. The van der Waals surface area contributed by atoms with E-state index in [4.69, 9.17) is 11.6 Å². The van der Waals surface area contributed by atoms with Crippen LogP contribution in [0.2, 0.25) is 5.02 Å². The van der Waals surface area contributed by atoms with Gasteiger partial charge in [-0.25, -0.2) is 4.68 Å². The minimum Gasteiger partial charge on any atom is -0.306 e. The largest absolute Gasteiger partial charge is 0.306 e. The first kappa shape index (κ1) is 16.7. The number of aromatic nitrogens is 2. The van der Waals surface area contributed by atoms with E-state index in [0.29, 0.717) is 0 Å². The summed E-state index contributed by atoms with van der Waals surface area (Å²) >= 11 is 6.06. The summed E-state index contributed by atoms with van der Waals surface area (Å²) in [5, 5.41) is 8.83. The molecular formula is C20H22ClN3. The van der Waals surface area contributed by atoms with Crippen molar-refractivity contribution in [3.8, 4) is 5.69 Å². The minimum atomic E-state index is 0.249. The van der Waals surface area contributed by atoms with Crippen molar-refractivity contribution in [2.45, 2.75) is 33.4 Å². The zero-order valence-electron chi connectivity index (χ0n) is 14.3. The average Bonchev–Trinajstić information content (AvgIpc) is 2.91. The van der Waals surface area contributed by atoms with E-state index < -0.39 is 0 Å². The van der Waals surface area contributed by atoms with Crippen molar-refractivity contribution in [2.24, 2.45) is 0 Å². The molecular weight excluding hydrogens is 318 g/mol. The summed E-state index contributed by atoms with van der Waals surface area (Å²) in [6.07, 6.45) is 0. The smallest absolute Gasteiger partial charge is 0.0648 e. The lowest BCUT2D eigenvalue weighted by Gasteiger charge is -2.15. The van der Waals surface area contributed by atoms with E-state index in [-0.39, 0.29) is 6.04 Å². The fourth-order valence-corrected chi connectivity index (χ4v) is 3.01. The molecule has 0 bridgehead atoms. The lowest BCUT2D eigenvalue weighted by molar-refractivity contribution is 0.574. The van der Waals surface area contributed by atoms with Gasteiger partial charge in [0, 0.05) is 23.3 Å². The van der Waals surface area contributed by atoms with Crippen LogP contribution in [0.15, 0.2) is 54.6 Å². The zero-order valence-corrected chi connectivity index (χ0v) is 15.0. The molecule has 3 nitrogen and oxygen atoms in total. The van der Waals surface area contributed by atoms with Crippen molar-refractivity contribution in [1.82, 2.24) is 15.1 Å². The number of rotatable bonds is 5. The number of hydrogen-bond acceptors (Lipinski definition) is 2. The normalized spacial score (nSPS) is 12.3. The van der Waals surface area contributed by atoms with Gasteiger partial charge >= 0.3 is 0 Å². The monoisotopic (exact) mass is 339 g/mol. The Kier molecular flexibility index (Phi) is 5.03. The molecule has 0 saturated heterocycles. The van der Waals surface area contributed by atoms with Gasteiger partial charge in [0.25, 0.3) is 0 Å². The van der Waals surface area contributed by atoms with Crippen LogP contribution in [0.1, 0.15) is 35.5 Å². The number of nitrogens with zero attached hydrogens (tertiary/aromatic N) is 2. The summed E-state index contributed by atoms with van der Waals surface area (Å²) in [4.78, 5) is 0. The van der Waals surface area contributed by atoms with Gasteiger partial charge in [-0.1, -0.05) is 35.9 Å². The van der Waals surface area contributed by atoms with Crippen LogP contribution < -0.4 is 5.32 Å². The van der Waals surface area contributed by atoms with E-state index in [1.165, 1.54) is 11.1 Å². The van der Waals surface area contributed by atoms with E-state index in [0.717, 1.165) is 28.6 Å². The second kappa shape index (κ2) is 7.20. The second-order valence-electron chi connectivity index (χ2n) is 6.16. The maximum absolute atomic E-state index is 6.06. The predicted molar refractivity (Wildman–Crippen MR) is 99.7 cm³/mol. The summed E-state index contributed by atoms with van der Waals surface area (Å²) in [6, 6.07) is 18.8. The zero-order chi connectivity index (χ0) is 17.1. The molecule has 0 radical (unpaired) electrons. The molecule has 0 aliphatic rings. The molecule has 1 heterocycles. The van der Waals surface area contributed by atoms with Crippen LogP contribution in [0.4, 0.5) is 0 Å². The van der Waals surface area contributed by atoms with E-state index in [2.05, 4.69) is 60.7 Å². The van der Waals surface area contributed by atoms with Crippen LogP contribution in [0.3, 0.4) is 0 Å². The third-order valence-electron chi connectivity index (χ3n) is 4.15. The van der Waals surface area contributed by atoms with E-state index in [9.17, 15) is 0 Å². The van der Waals surface area contributed by atoms with Crippen LogP contribution >= 0.6 is 11.6 Å². The van der Waals surface area contributed by atoms with E-state index in [1.54, 1.807) is 0 Å². The standard InChI is InChI=1S/C20H22ClN3/c1-14-11-15(2)24(23-14)20-9-7-17(8-10-20)13-22-16(3)18-5-4-6-19(21)12-18/h4-12,16,22H,13H2,1-3H3. The third-order valence-corrected chi connectivity index (χ3v) is 4.39. The van der Waals surface area contributed by atoms with Crippen LogP contribution in [-0.4, -0.2) is 9.78 Å².